The fourth-order valence-corrected chi connectivity index (χ4v) is 10.9. The molecule has 57 heavy (non-hydrogen) atoms. The van der Waals surface area contributed by atoms with E-state index in [1.165, 1.54) is 5.56 Å². The monoisotopic (exact) mass is 780 g/mol. The number of carbonyl (C=O) groups is 3. The summed E-state index contributed by atoms with van der Waals surface area (Å²) in [6.07, 6.45) is 17.0. The number of allylic oxidation sites excluding steroid dienone is 3. The summed E-state index contributed by atoms with van der Waals surface area (Å²) in [6, 6.07) is 9.78. The molecule has 1 aromatic carbocycles. The van der Waals surface area contributed by atoms with Crippen LogP contribution in [0.25, 0.3) is 0 Å². The van der Waals surface area contributed by atoms with Gasteiger partial charge in [-0.25, -0.2) is 9.78 Å². The Morgan fingerprint density at radius 3 is 2.63 bits per heavy atom. The van der Waals surface area contributed by atoms with Crippen molar-refractivity contribution in [3.63, 3.8) is 0 Å². The number of nitrogens with one attached hydrogen (secondary N) is 3. The van der Waals surface area contributed by atoms with Crippen molar-refractivity contribution < 1.29 is 29.0 Å². The number of esters is 1. The minimum atomic E-state index is -2.11. The molecule has 5 aliphatic rings. The SMILES string of the molecule is CCNC1CC2C=CCCC2CC1COC(=O)C12OC1(CC(CO)=C(C)CC1(c3ccnc(NCNC)c3)CCCCC1)C(=O)c1cccc(CC(C)C)c1C2=O. The number of aromatic nitrogens is 1. The molecule has 0 amide bonds. The number of pyridine rings is 1. The summed E-state index contributed by atoms with van der Waals surface area (Å²) in [5.41, 5.74) is -0.0434. The summed E-state index contributed by atoms with van der Waals surface area (Å²) < 4.78 is 12.7. The molecular formula is C47H64N4O6. The number of hydrogen-bond donors (Lipinski definition) is 4. The molecule has 4 aliphatic carbocycles. The smallest absolute Gasteiger partial charge is 0.350 e. The molecule has 0 radical (unpaired) electrons. The molecule has 2 heterocycles. The average Bonchev–Trinajstić information content (AvgIpc) is 3.92. The van der Waals surface area contributed by atoms with E-state index in [1.54, 1.807) is 6.07 Å². The van der Waals surface area contributed by atoms with Crippen LogP contribution in [0.4, 0.5) is 5.82 Å². The van der Waals surface area contributed by atoms with Crippen molar-refractivity contribution in [2.45, 2.75) is 127 Å². The fourth-order valence-electron chi connectivity index (χ4n) is 10.9. The topological polar surface area (TPSA) is 142 Å². The minimum absolute atomic E-state index is 0.0657. The number of rotatable bonds is 16. The molecule has 10 nitrogen and oxygen atoms in total. The maximum atomic E-state index is 15.0. The van der Waals surface area contributed by atoms with Crippen molar-refractivity contribution in [2.24, 2.45) is 23.7 Å². The van der Waals surface area contributed by atoms with Crippen molar-refractivity contribution in [2.75, 3.05) is 38.8 Å². The zero-order valence-corrected chi connectivity index (χ0v) is 34.8. The molecule has 1 aromatic heterocycles. The van der Waals surface area contributed by atoms with Gasteiger partial charge in [-0.2, -0.15) is 0 Å². The molecule has 6 atom stereocenters. The highest BCUT2D eigenvalue weighted by atomic mass is 16.7. The van der Waals surface area contributed by atoms with E-state index in [0.29, 0.717) is 36.9 Å². The normalized spacial score (nSPS) is 29.2. The van der Waals surface area contributed by atoms with Crippen molar-refractivity contribution >= 4 is 23.4 Å². The zero-order valence-electron chi connectivity index (χ0n) is 34.8. The number of benzene rings is 1. The Bertz CT molecular complexity index is 1880. The number of epoxide rings is 1. The fraction of sp³-hybridized carbons (Fsp3) is 0.617. The van der Waals surface area contributed by atoms with E-state index >= 15 is 0 Å². The number of nitrogens with zero attached hydrogens (tertiary/aromatic N) is 1. The Hall–Kier alpha value is -3.70. The third kappa shape index (κ3) is 7.79. The highest BCUT2D eigenvalue weighted by molar-refractivity contribution is 6.33. The third-order valence-electron chi connectivity index (χ3n) is 13.9. The van der Waals surface area contributed by atoms with Crippen molar-refractivity contribution in [3.05, 3.63) is 82.1 Å². The van der Waals surface area contributed by atoms with Gasteiger partial charge in [-0.1, -0.05) is 76.0 Å². The third-order valence-corrected chi connectivity index (χ3v) is 13.9. The van der Waals surface area contributed by atoms with Gasteiger partial charge in [0, 0.05) is 35.7 Å². The van der Waals surface area contributed by atoms with Crippen LogP contribution in [0, 0.1) is 23.7 Å². The molecule has 1 aliphatic heterocycles. The van der Waals surface area contributed by atoms with Gasteiger partial charge < -0.3 is 30.5 Å². The number of anilines is 1. The van der Waals surface area contributed by atoms with Crippen molar-refractivity contribution in [1.29, 1.82) is 0 Å². The van der Waals surface area contributed by atoms with E-state index in [9.17, 15) is 19.5 Å². The maximum absolute atomic E-state index is 15.0. The molecule has 10 heteroatoms. The Morgan fingerprint density at radius 2 is 1.89 bits per heavy atom. The quantitative estimate of drug-likeness (QED) is 0.0452. The lowest BCUT2D eigenvalue weighted by atomic mass is 9.65. The molecule has 0 spiro atoms. The molecule has 2 saturated carbocycles. The average molecular weight is 781 g/mol. The molecular weight excluding hydrogens is 717 g/mol. The first-order valence-corrected chi connectivity index (χ1v) is 21.6. The minimum Gasteiger partial charge on any atom is -0.463 e. The van der Waals surface area contributed by atoms with E-state index in [2.05, 4.69) is 66.0 Å². The summed E-state index contributed by atoms with van der Waals surface area (Å²) in [6.45, 7) is 9.47. The Morgan fingerprint density at radius 1 is 1.09 bits per heavy atom. The number of hydrogen-bond acceptors (Lipinski definition) is 10. The highest BCUT2D eigenvalue weighted by Gasteiger charge is 2.85. The van der Waals surface area contributed by atoms with Gasteiger partial charge in [-0.3, -0.25) is 9.59 Å². The van der Waals surface area contributed by atoms with Crippen LogP contribution in [0.3, 0.4) is 0 Å². The lowest BCUT2D eigenvalue weighted by molar-refractivity contribution is -0.150. The van der Waals surface area contributed by atoms with E-state index in [1.807, 2.05) is 32.3 Å². The van der Waals surface area contributed by atoms with Gasteiger partial charge >= 0.3 is 5.97 Å². The number of ketones is 2. The summed E-state index contributed by atoms with van der Waals surface area (Å²) in [4.78, 5) is 49.2. The second-order valence-corrected chi connectivity index (χ2v) is 18.0. The first-order valence-electron chi connectivity index (χ1n) is 21.6. The van der Waals surface area contributed by atoms with Crippen LogP contribution in [-0.2, 0) is 26.1 Å². The number of aliphatic hydroxyl groups is 1. The summed E-state index contributed by atoms with van der Waals surface area (Å²) in [5.74, 6) is 0.457. The summed E-state index contributed by atoms with van der Waals surface area (Å²) in [7, 11) is 1.88. The number of Topliss-reactive ketones (excluding diaryl/α,β-unsaturated/α-hetero) is 2. The Labute approximate surface area is 339 Å². The van der Waals surface area contributed by atoms with Gasteiger partial charge in [0.05, 0.1) is 19.9 Å². The highest BCUT2D eigenvalue weighted by Crippen LogP contribution is 2.60. The van der Waals surface area contributed by atoms with Gasteiger partial charge in [0.1, 0.15) is 5.82 Å². The largest absolute Gasteiger partial charge is 0.463 e. The van der Waals surface area contributed by atoms with Gasteiger partial charge in [-0.15, -0.1) is 0 Å². The zero-order chi connectivity index (χ0) is 40.4. The molecule has 3 fully saturated rings. The second kappa shape index (κ2) is 17.3. The van der Waals surface area contributed by atoms with Crippen LogP contribution >= 0.6 is 0 Å². The number of carbonyl (C=O) groups excluding carboxylic acids is 3. The predicted molar refractivity (Wildman–Crippen MR) is 222 cm³/mol. The first kappa shape index (κ1) is 41.5. The lowest BCUT2D eigenvalue weighted by Gasteiger charge is -2.42. The molecule has 1 saturated heterocycles. The summed E-state index contributed by atoms with van der Waals surface area (Å²) >= 11 is 0. The second-order valence-electron chi connectivity index (χ2n) is 18.0. The van der Waals surface area contributed by atoms with Crippen molar-refractivity contribution in [3.8, 4) is 0 Å². The molecule has 308 valence electrons. The molecule has 6 unspecified atom stereocenters. The first-order chi connectivity index (χ1) is 27.5. The van der Waals surface area contributed by atoms with Crippen LogP contribution in [0.15, 0.2) is 59.8 Å². The molecule has 2 aromatic rings. The summed E-state index contributed by atoms with van der Waals surface area (Å²) in [5, 5.41) is 21.2. The van der Waals surface area contributed by atoms with Crippen LogP contribution in [0.2, 0.25) is 0 Å². The van der Waals surface area contributed by atoms with Crippen LogP contribution < -0.4 is 16.0 Å². The standard InChI is InChI=1S/C47H64N4O6/c1-6-49-39-23-33-14-9-8-13-32(33)22-35(39)28-56-44(55)47-43(54)41-34(21-30(2)3)15-12-16-38(41)42(53)46(47,57-47)26-36(27-52)31(4)25-45(18-10-7-11-19-45)37-17-20-50-40(24-37)51-29-48-5/h9,12,14-17,20,24,30,32-33,35,39,48-49,52H,6-8,10-11,13,18-19,21-23,25-29H2,1-5H3,(H,50,51). The van der Waals surface area contributed by atoms with Gasteiger partial charge in [-0.05, 0) is 124 Å². The Balaban J connectivity index is 1.22. The van der Waals surface area contributed by atoms with Crippen LogP contribution in [0.1, 0.15) is 130 Å². The number of ether oxygens (including phenoxy) is 2. The molecule has 4 N–H and O–H groups in total. The predicted octanol–water partition coefficient (Wildman–Crippen LogP) is 7.26. The maximum Gasteiger partial charge on any atom is 0.350 e. The van der Waals surface area contributed by atoms with E-state index < -0.39 is 23.0 Å². The van der Waals surface area contributed by atoms with Gasteiger partial charge in [0.15, 0.2) is 11.4 Å². The van der Waals surface area contributed by atoms with Crippen LogP contribution in [0.5, 0.6) is 0 Å². The van der Waals surface area contributed by atoms with Gasteiger partial charge in [0.2, 0.25) is 5.78 Å². The van der Waals surface area contributed by atoms with E-state index in [-0.39, 0.29) is 59.8 Å². The number of aliphatic hydroxyl groups excluding tert-OH is 1. The van der Waals surface area contributed by atoms with Crippen LogP contribution in [-0.4, -0.2) is 78.3 Å². The van der Waals surface area contributed by atoms with E-state index in [4.69, 9.17) is 9.47 Å². The van der Waals surface area contributed by atoms with Gasteiger partial charge in [0.25, 0.3) is 5.60 Å². The molecule has 7 rings (SSSR count). The van der Waals surface area contributed by atoms with E-state index in [0.717, 1.165) is 81.3 Å². The van der Waals surface area contributed by atoms with Crippen molar-refractivity contribution in [1.82, 2.24) is 15.6 Å². The number of fused-ring (bicyclic) bond motifs is 3. The molecule has 0 bridgehead atoms. The lowest BCUT2D eigenvalue weighted by Crippen LogP contribution is -2.52. The Kier molecular flexibility index (Phi) is 12.6.